The molecule has 4 nitrogen and oxygen atoms in total. The molecule has 1 saturated heterocycles. The van der Waals surface area contributed by atoms with Crippen LogP contribution in [0.1, 0.15) is 37.7 Å². The van der Waals surface area contributed by atoms with Gasteiger partial charge in [0.25, 0.3) is 0 Å². The van der Waals surface area contributed by atoms with Crippen molar-refractivity contribution >= 4 is 5.91 Å². The minimum absolute atomic E-state index is 0.118. The Hall–Kier alpha value is -1.55. The van der Waals surface area contributed by atoms with Crippen LogP contribution in [0.2, 0.25) is 0 Å². The fourth-order valence-corrected chi connectivity index (χ4v) is 3.56. The second-order valence-electron chi connectivity index (χ2n) is 7.01. The van der Waals surface area contributed by atoms with Crippen molar-refractivity contribution in [2.24, 2.45) is 11.8 Å². The van der Waals surface area contributed by atoms with Crippen molar-refractivity contribution in [3.8, 4) is 5.75 Å². The molecule has 23 heavy (non-hydrogen) atoms. The molecule has 126 valence electrons. The highest BCUT2D eigenvalue weighted by Gasteiger charge is 2.45. The molecular weight excluding hydrogens is 288 g/mol. The van der Waals surface area contributed by atoms with Gasteiger partial charge in [-0.25, -0.2) is 0 Å². The topological polar surface area (TPSA) is 41.6 Å². The monoisotopic (exact) mass is 316 g/mol. The van der Waals surface area contributed by atoms with Crippen LogP contribution in [0.15, 0.2) is 24.3 Å². The quantitative estimate of drug-likeness (QED) is 0.877. The van der Waals surface area contributed by atoms with Crippen LogP contribution in [0.25, 0.3) is 0 Å². The molecule has 1 aromatic rings. The van der Waals surface area contributed by atoms with Crippen LogP contribution in [-0.4, -0.2) is 44.1 Å². The van der Waals surface area contributed by atoms with E-state index in [9.17, 15) is 4.79 Å². The van der Waals surface area contributed by atoms with Gasteiger partial charge in [-0.1, -0.05) is 25.1 Å². The summed E-state index contributed by atoms with van der Waals surface area (Å²) in [5.41, 5.74) is 1.17. The second kappa shape index (κ2) is 7.35. The molecule has 1 aliphatic carbocycles. The number of amides is 1. The number of ether oxygens (including phenoxy) is 1. The summed E-state index contributed by atoms with van der Waals surface area (Å²) >= 11 is 0. The Morgan fingerprint density at radius 1 is 1.30 bits per heavy atom. The maximum absolute atomic E-state index is 12.3. The van der Waals surface area contributed by atoms with E-state index in [0.717, 1.165) is 31.2 Å². The summed E-state index contributed by atoms with van der Waals surface area (Å²) in [5, 5.41) is 3.12. The van der Waals surface area contributed by atoms with E-state index >= 15 is 0 Å². The predicted molar refractivity (Wildman–Crippen MR) is 91.7 cm³/mol. The SMILES string of the molecule is COc1ccccc1C1CC1C(=O)NCCN1CCC(C)CC1. The lowest BCUT2D eigenvalue weighted by Gasteiger charge is -2.30. The highest BCUT2D eigenvalue weighted by atomic mass is 16.5. The lowest BCUT2D eigenvalue weighted by atomic mass is 9.99. The first kappa shape index (κ1) is 16.3. The third-order valence-corrected chi connectivity index (χ3v) is 5.27. The smallest absolute Gasteiger partial charge is 0.223 e. The van der Waals surface area contributed by atoms with E-state index in [1.807, 2.05) is 18.2 Å². The molecule has 2 aliphatic rings. The molecule has 0 spiro atoms. The molecular formula is C19H28N2O2. The molecule has 4 heteroatoms. The first-order chi connectivity index (χ1) is 11.2. The molecule has 1 aliphatic heterocycles. The van der Waals surface area contributed by atoms with Crippen LogP contribution in [0.5, 0.6) is 5.75 Å². The summed E-state index contributed by atoms with van der Waals surface area (Å²) in [6, 6.07) is 8.04. The Morgan fingerprint density at radius 2 is 2.04 bits per heavy atom. The summed E-state index contributed by atoms with van der Waals surface area (Å²) < 4.78 is 5.41. The number of benzene rings is 1. The molecule has 0 radical (unpaired) electrons. The molecule has 1 aromatic carbocycles. The molecule has 0 bridgehead atoms. The van der Waals surface area contributed by atoms with Crippen molar-refractivity contribution in [3.63, 3.8) is 0 Å². The number of hydrogen-bond acceptors (Lipinski definition) is 3. The Balaban J connectivity index is 1.42. The van der Waals surface area contributed by atoms with Gasteiger partial charge < -0.3 is 15.0 Å². The molecule has 1 amide bonds. The van der Waals surface area contributed by atoms with Crippen LogP contribution < -0.4 is 10.1 Å². The molecule has 1 N–H and O–H groups in total. The molecule has 2 unspecified atom stereocenters. The summed E-state index contributed by atoms with van der Waals surface area (Å²) in [4.78, 5) is 14.8. The van der Waals surface area contributed by atoms with Gasteiger partial charge in [-0.15, -0.1) is 0 Å². The van der Waals surface area contributed by atoms with Crippen molar-refractivity contribution < 1.29 is 9.53 Å². The Morgan fingerprint density at radius 3 is 2.78 bits per heavy atom. The zero-order valence-corrected chi connectivity index (χ0v) is 14.3. The maximum Gasteiger partial charge on any atom is 0.223 e. The number of carbonyl (C=O) groups is 1. The van der Waals surface area contributed by atoms with E-state index in [0.29, 0.717) is 5.92 Å². The zero-order chi connectivity index (χ0) is 16.2. The maximum atomic E-state index is 12.3. The predicted octanol–water partition coefficient (Wildman–Crippen LogP) is 2.65. The van der Waals surface area contributed by atoms with E-state index in [4.69, 9.17) is 4.74 Å². The van der Waals surface area contributed by atoms with Gasteiger partial charge in [0, 0.05) is 19.0 Å². The van der Waals surface area contributed by atoms with Gasteiger partial charge in [-0.2, -0.15) is 0 Å². The number of nitrogens with zero attached hydrogens (tertiary/aromatic N) is 1. The lowest BCUT2D eigenvalue weighted by Crippen LogP contribution is -2.39. The van der Waals surface area contributed by atoms with Gasteiger partial charge in [0.05, 0.1) is 7.11 Å². The minimum atomic E-state index is 0.118. The van der Waals surface area contributed by atoms with Gasteiger partial charge in [0.1, 0.15) is 5.75 Å². The van der Waals surface area contributed by atoms with Gasteiger partial charge in [-0.05, 0) is 55.8 Å². The normalized spacial score (nSPS) is 25.1. The first-order valence-electron chi connectivity index (χ1n) is 8.82. The lowest BCUT2D eigenvalue weighted by molar-refractivity contribution is -0.122. The van der Waals surface area contributed by atoms with Crippen LogP contribution >= 0.6 is 0 Å². The van der Waals surface area contributed by atoms with Crippen LogP contribution in [0.3, 0.4) is 0 Å². The van der Waals surface area contributed by atoms with E-state index in [1.165, 1.54) is 31.5 Å². The van der Waals surface area contributed by atoms with Crippen molar-refractivity contribution in [1.29, 1.82) is 0 Å². The number of rotatable bonds is 6. The van der Waals surface area contributed by atoms with Crippen LogP contribution in [-0.2, 0) is 4.79 Å². The van der Waals surface area contributed by atoms with Gasteiger partial charge in [-0.3, -0.25) is 4.79 Å². The highest BCUT2D eigenvalue weighted by molar-refractivity contribution is 5.83. The number of likely N-dealkylation sites (tertiary alicyclic amines) is 1. The molecule has 2 fully saturated rings. The van der Waals surface area contributed by atoms with Gasteiger partial charge in [0.15, 0.2) is 0 Å². The number of para-hydroxylation sites is 1. The number of nitrogens with one attached hydrogen (secondary N) is 1. The molecule has 3 rings (SSSR count). The minimum Gasteiger partial charge on any atom is -0.496 e. The standard InChI is InChI=1S/C19H28N2O2/c1-14-7-10-21(11-8-14)12-9-20-19(22)17-13-16(17)15-5-3-4-6-18(15)23-2/h3-6,14,16-17H,7-13H2,1-2H3,(H,20,22). The summed E-state index contributed by atoms with van der Waals surface area (Å²) in [6.07, 6.45) is 3.51. The van der Waals surface area contributed by atoms with Crippen LogP contribution in [0, 0.1) is 11.8 Å². The molecule has 1 saturated carbocycles. The average molecular weight is 316 g/mol. The van der Waals surface area contributed by atoms with Crippen molar-refractivity contribution in [2.45, 2.75) is 32.1 Å². The number of hydrogen-bond donors (Lipinski definition) is 1. The van der Waals surface area contributed by atoms with E-state index in [2.05, 4.69) is 23.2 Å². The Bertz CT molecular complexity index is 538. The largest absolute Gasteiger partial charge is 0.496 e. The van der Waals surface area contributed by atoms with E-state index < -0.39 is 0 Å². The fourth-order valence-electron chi connectivity index (χ4n) is 3.56. The van der Waals surface area contributed by atoms with Crippen molar-refractivity contribution in [1.82, 2.24) is 10.2 Å². The third kappa shape index (κ3) is 4.05. The number of methoxy groups -OCH3 is 1. The molecule has 1 heterocycles. The van der Waals surface area contributed by atoms with Gasteiger partial charge in [0.2, 0.25) is 5.91 Å². The van der Waals surface area contributed by atoms with Crippen LogP contribution in [0.4, 0.5) is 0 Å². The van der Waals surface area contributed by atoms with Crippen molar-refractivity contribution in [3.05, 3.63) is 29.8 Å². The molecule has 2 atom stereocenters. The summed E-state index contributed by atoms with van der Waals surface area (Å²) in [7, 11) is 1.69. The van der Waals surface area contributed by atoms with E-state index in [1.54, 1.807) is 7.11 Å². The summed E-state index contributed by atoms with van der Waals surface area (Å²) in [6.45, 7) is 6.41. The van der Waals surface area contributed by atoms with Crippen molar-refractivity contribution in [2.75, 3.05) is 33.3 Å². The third-order valence-electron chi connectivity index (χ3n) is 5.27. The molecule has 0 aromatic heterocycles. The number of piperidine rings is 1. The first-order valence-corrected chi connectivity index (χ1v) is 8.82. The zero-order valence-electron chi connectivity index (χ0n) is 14.3. The van der Waals surface area contributed by atoms with E-state index in [-0.39, 0.29) is 11.8 Å². The fraction of sp³-hybridized carbons (Fsp3) is 0.632. The van der Waals surface area contributed by atoms with Gasteiger partial charge >= 0.3 is 0 Å². The highest BCUT2D eigenvalue weighted by Crippen LogP contribution is 2.50. The Labute approximate surface area is 139 Å². The number of carbonyl (C=O) groups excluding carboxylic acids is 1. The second-order valence-corrected chi connectivity index (χ2v) is 7.01. The summed E-state index contributed by atoms with van der Waals surface area (Å²) in [5.74, 6) is 2.39. The Kier molecular flexibility index (Phi) is 5.21. The average Bonchev–Trinajstić information content (AvgIpc) is 3.37.